The first kappa shape index (κ1) is 24.8. The first-order valence-corrected chi connectivity index (χ1v) is 19.5. The second kappa shape index (κ2) is 14.9. The van der Waals surface area contributed by atoms with Crippen molar-refractivity contribution in [1.82, 2.24) is 15.0 Å². The standard InChI is InChI=1S/C28H26NOSi.C16H19N2.Ir/c1-18-15-20(31(3,4)5)13-14-21(18)25-16-26(29-17-19(25)2)24-11-8-10-23-22-9-6-7-12-27(22)30-28(23)24;1-12-5-7-14(11-17-12)15-8-6-13(10-18-15)9-16(2,3)4;/h6-10,12-17H,1-5H3;5-8,10H,9H2,1-4H3;/q2*-1;/i1D3,2D3;1D3,9D2;. The van der Waals surface area contributed by atoms with Crippen molar-refractivity contribution in [3.05, 3.63) is 132 Å². The van der Waals surface area contributed by atoms with E-state index in [1.807, 2.05) is 57.2 Å². The monoisotopic (exact) mass is 863 g/mol. The van der Waals surface area contributed by atoms with E-state index in [1.165, 1.54) is 18.5 Å². The molecule has 7 rings (SSSR count). The molecule has 0 bridgehead atoms. The van der Waals surface area contributed by atoms with Gasteiger partial charge in [-0.15, -0.1) is 35.9 Å². The molecule has 257 valence electrons. The van der Waals surface area contributed by atoms with Crippen molar-refractivity contribution in [3.63, 3.8) is 0 Å². The summed E-state index contributed by atoms with van der Waals surface area (Å²) in [4.78, 5) is 12.6. The fourth-order valence-electron chi connectivity index (χ4n) is 5.50. The molecule has 0 aliphatic heterocycles. The Balaban J connectivity index is 0.000000253. The zero-order chi connectivity index (χ0) is 44.2. The fourth-order valence-corrected chi connectivity index (χ4v) is 6.66. The van der Waals surface area contributed by atoms with Crippen molar-refractivity contribution >= 4 is 35.2 Å². The summed E-state index contributed by atoms with van der Waals surface area (Å²) in [5, 5.41) is 2.85. The van der Waals surface area contributed by atoms with Crippen molar-refractivity contribution in [3.8, 4) is 33.6 Å². The number of rotatable bonds is 5. The van der Waals surface area contributed by atoms with Crippen LogP contribution >= 0.6 is 0 Å². The molecule has 0 atom stereocenters. The molecule has 50 heavy (non-hydrogen) atoms. The van der Waals surface area contributed by atoms with E-state index in [0.29, 0.717) is 44.8 Å². The molecule has 4 aromatic heterocycles. The number of nitrogens with zero attached hydrogens (tertiary/aromatic N) is 3. The zero-order valence-corrected chi connectivity index (χ0v) is 32.2. The number of hydrogen-bond acceptors (Lipinski definition) is 4. The van der Waals surface area contributed by atoms with Gasteiger partial charge in [-0.2, -0.15) is 0 Å². The quantitative estimate of drug-likeness (QED) is 0.128. The number of fused-ring (bicyclic) bond motifs is 3. The first-order valence-electron chi connectivity index (χ1n) is 21.5. The van der Waals surface area contributed by atoms with Crippen molar-refractivity contribution in [2.24, 2.45) is 5.41 Å². The number of benzene rings is 3. The molecule has 0 aliphatic rings. The van der Waals surface area contributed by atoms with Crippen LogP contribution in [0, 0.1) is 38.2 Å². The van der Waals surface area contributed by atoms with E-state index in [4.69, 9.17) is 19.5 Å². The summed E-state index contributed by atoms with van der Waals surface area (Å²) in [6.45, 7) is 4.79. The van der Waals surface area contributed by atoms with Gasteiger partial charge in [0.2, 0.25) is 0 Å². The van der Waals surface area contributed by atoms with Crippen LogP contribution in [0.15, 0.2) is 102 Å². The molecule has 0 unspecified atom stereocenters. The summed E-state index contributed by atoms with van der Waals surface area (Å²) >= 11 is 0. The third-order valence-electron chi connectivity index (χ3n) is 7.94. The molecule has 0 N–H and O–H groups in total. The topological polar surface area (TPSA) is 51.8 Å². The van der Waals surface area contributed by atoms with E-state index in [1.54, 1.807) is 42.5 Å². The summed E-state index contributed by atoms with van der Waals surface area (Å²) in [7, 11) is -1.82. The van der Waals surface area contributed by atoms with Crippen LogP contribution in [-0.2, 0) is 26.5 Å². The summed E-state index contributed by atoms with van der Waals surface area (Å²) in [6, 6.07) is 28.1. The van der Waals surface area contributed by atoms with E-state index in [0.717, 1.165) is 21.5 Å². The molecule has 6 heteroatoms. The average molecular weight is 863 g/mol. The molecular weight excluding hydrogens is 807 g/mol. The smallest absolute Gasteiger partial charge is 0.120 e. The maximum Gasteiger partial charge on any atom is 0.120 e. The normalized spacial score (nSPS) is 15.9. The van der Waals surface area contributed by atoms with Gasteiger partial charge in [-0.1, -0.05) is 118 Å². The molecule has 0 fully saturated rings. The Labute approximate surface area is 327 Å². The van der Waals surface area contributed by atoms with Crippen molar-refractivity contribution < 1.29 is 39.6 Å². The predicted octanol–water partition coefficient (Wildman–Crippen LogP) is 11.1. The molecular formula is C44H45IrN3OSi-2. The van der Waals surface area contributed by atoms with Crippen molar-refractivity contribution in [2.45, 2.75) is 67.3 Å². The molecule has 0 amide bonds. The Kier molecular flexibility index (Phi) is 7.43. The van der Waals surface area contributed by atoms with Crippen LogP contribution < -0.4 is 5.19 Å². The van der Waals surface area contributed by atoms with E-state index in [2.05, 4.69) is 46.9 Å². The molecule has 0 spiro atoms. The Bertz CT molecular complexity index is 2660. The van der Waals surface area contributed by atoms with Gasteiger partial charge in [0.15, 0.2) is 0 Å². The van der Waals surface area contributed by atoms with E-state index in [-0.39, 0.29) is 36.9 Å². The third kappa shape index (κ3) is 8.38. The summed E-state index contributed by atoms with van der Waals surface area (Å²) in [5.41, 5.74) is 4.27. The minimum Gasteiger partial charge on any atom is -0.501 e. The molecule has 0 saturated carbocycles. The average Bonchev–Trinajstić information content (AvgIpc) is 3.55. The molecule has 0 aliphatic carbocycles. The third-order valence-corrected chi connectivity index (χ3v) is 9.98. The zero-order valence-electron chi connectivity index (χ0n) is 39.8. The summed E-state index contributed by atoms with van der Waals surface area (Å²) < 4.78 is 93.7. The van der Waals surface area contributed by atoms with E-state index in [9.17, 15) is 0 Å². The van der Waals surface area contributed by atoms with Gasteiger partial charge < -0.3 is 19.4 Å². The fraction of sp³-hybridized carbons (Fsp3) is 0.250. The van der Waals surface area contributed by atoms with Gasteiger partial charge in [0.1, 0.15) is 5.58 Å². The van der Waals surface area contributed by atoms with Gasteiger partial charge >= 0.3 is 0 Å². The molecule has 4 nitrogen and oxygen atoms in total. The van der Waals surface area contributed by atoms with Crippen LogP contribution in [0.5, 0.6) is 0 Å². The van der Waals surface area contributed by atoms with Gasteiger partial charge in [-0.25, -0.2) is 0 Å². The molecule has 0 saturated heterocycles. The number of aromatic nitrogens is 3. The van der Waals surface area contributed by atoms with E-state index >= 15 is 0 Å². The molecule has 7 aromatic rings. The number of aryl methyl sites for hydroxylation is 3. The summed E-state index contributed by atoms with van der Waals surface area (Å²) in [6.07, 6.45) is 4.00. The first-order chi connectivity index (χ1) is 27.7. The Morgan fingerprint density at radius 2 is 1.60 bits per heavy atom. The second-order valence-corrected chi connectivity index (χ2v) is 19.1. The minimum absolute atomic E-state index is 0. The predicted molar refractivity (Wildman–Crippen MR) is 208 cm³/mol. The molecule has 4 heterocycles. The van der Waals surface area contributed by atoms with Crippen LogP contribution in [0.1, 0.15) is 58.2 Å². The summed E-state index contributed by atoms with van der Waals surface area (Å²) in [5.74, 6) is 0. The Morgan fingerprint density at radius 1 is 0.800 bits per heavy atom. The number of hydrogen-bond donors (Lipinski definition) is 0. The maximum absolute atomic E-state index is 8.25. The SMILES string of the molecule is [2H]C([2H])([2H])c1ccc(-c2ccc(C([2H])([2H])C(C)(C)C)cn2)[c-]n1.[2H]C([2H])([2H])c1cnc(-c2[c-]ccc3c2oc2ccccc23)cc1-c1ccc([Si](C)(C)C)cc1C([2H])([2H])[2H].[Ir]. The van der Waals surface area contributed by atoms with Gasteiger partial charge in [-0.05, 0) is 82.7 Å². The second-order valence-electron chi connectivity index (χ2n) is 14.0. The van der Waals surface area contributed by atoms with Crippen LogP contribution in [0.3, 0.4) is 0 Å². The van der Waals surface area contributed by atoms with Crippen LogP contribution in [-0.4, -0.2) is 23.0 Å². The van der Waals surface area contributed by atoms with Gasteiger partial charge in [-0.3, -0.25) is 0 Å². The molecule has 1 radical (unpaired) electrons. The largest absolute Gasteiger partial charge is 0.501 e. The minimum atomic E-state index is -2.49. The van der Waals surface area contributed by atoms with Crippen LogP contribution in [0.25, 0.3) is 55.6 Å². The maximum atomic E-state index is 8.25. The number of furan rings is 1. The van der Waals surface area contributed by atoms with Gasteiger partial charge in [0, 0.05) is 53.0 Å². The van der Waals surface area contributed by atoms with E-state index < -0.39 is 40.4 Å². The van der Waals surface area contributed by atoms with Gasteiger partial charge in [0.25, 0.3) is 0 Å². The molecule has 3 aromatic carbocycles. The number of para-hydroxylation sites is 1. The van der Waals surface area contributed by atoms with Crippen LogP contribution in [0.4, 0.5) is 0 Å². The van der Waals surface area contributed by atoms with Crippen molar-refractivity contribution in [1.29, 1.82) is 0 Å². The Hall–Kier alpha value is -4.22. The Morgan fingerprint density at radius 3 is 2.28 bits per heavy atom. The van der Waals surface area contributed by atoms with Crippen molar-refractivity contribution in [2.75, 3.05) is 0 Å². The van der Waals surface area contributed by atoms with Gasteiger partial charge in [0.05, 0.1) is 13.7 Å². The number of pyridine rings is 3. The van der Waals surface area contributed by atoms with Crippen LogP contribution in [0.2, 0.25) is 19.6 Å².